The third kappa shape index (κ3) is 4.56. The highest BCUT2D eigenvalue weighted by molar-refractivity contribution is 7.99. The summed E-state index contributed by atoms with van der Waals surface area (Å²) in [6.07, 6.45) is 1.59. The molecule has 4 rings (SSSR count). The van der Waals surface area contributed by atoms with Crippen molar-refractivity contribution in [2.75, 3.05) is 11.1 Å². The van der Waals surface area contributed by atoms with Crippen LogP contribution < -0.4 is 5.32 Å². The van der Waals surface area contributed by atoms with Crippen molar-refractivity contribution in [2.24, 2.45) is 7.05 Å². The summed E-state index contributed by atoms with van der Waals surface area (Å²) in [5.74, 6) is 1.92. The zero-order chi connectivity index (χ0) is 22.0. The fraction of sp³-hybridized carbons (Fsp3) is 0.273. The molecule has 1 N–H and O–H groups in total. The number of aromatic nitrogens is 5. The van der Waals surface area contributed by atoms with E-state index in [2.05, 4.69) is 36.3 Å². The largest absolute Gasteiger partial charge is 0.461 e. The van der Waals surface area contributed by atoms with Gasteiger partial charge in [0.15, 0.2) is 16.7 Å². The van der Waals surface area contributed by atoms with Crippen molar-refractivity contribution in [3.8, 4) is 17.3 Å². The maximum absolute atomic E-state index is 12.7. The summed E-state index contributed by atoms with van der Waals surface area (Å²) in [5.41, 5.74) is 1.64. The summed E-state index contributed by atoms with van der Waals surface area (Å²) in [5, 5.41) is 16.7. The molecule has 0 atom stereocenters. The fourth-order valence-corrected chi connectivity index (χ4v) is 3.68. The molecule has 0 radical (unpaired) electrons. The standard InChI is InChI=1S/C22H24N6O2S/c1-22(2,3)17-13-18(28(26-17)15-9-6-5-7-10-15)23-19(29)14-31-21-25-24-20(27(21)4)16-11-8-12-30-16/h5-13H,14H2,1-4H3,(H,23,29). The average Bonchev–Trinajstić information content (AvgIpc) is 3.47. The van der Waals surface area contributed by atoms with Crippen LogP contribution in [0.3, 0.4) is 0 Å². The molecular weight excluding hydrogens is 412 g/mol. The molecule has 0 aliphatic carbocycles. The number of anilines is 1. The van der Waals surface area contributed by atoms with Gasteiger partial charge in [-0.3, -0.25) is 4.79 Å². The van der Waals surface area contributed by atoms with Crippen molar-refractivity contribution in [3.63, 3.8) is 0 Å². The van der Waals surface area contributed by atoms with Crippen LogP contribution in [-0.2, 0) is 17.3 Å². The lowest BCUT2D eigenvalue weighted by Crippen LogP contribution is -2.17. The van der Waals surface area contributed by atoms with Crippen LogP contribution in [0.1, 0.15) is 26.5 Å². The molecule has 9 heteroatoms. The van der Waals surface area contributed by atoms with E-state index in [9.17, 15) is 4.79 Å². The van der Waals surface area contributed by atoms with Crippen LogP contribution in [0.5, 0.6) is 0 Å². The molecule has 3 aromatic heterocycles. The number of amides is 1. The minimum absolute atomic E-state index is 0.144. The predicted octanol–water partition coefficient (Wildman–Crippen LogP) is 4.29. The van der Waals surface area contributed by atoms with Crippen molar-refractivity contribution >= 4 is 23.5 Å². The quantitative estimate of drug-likeness (QED) is 0.454. The maximum atomic E-state index is 12.7. The lowest BCUT2D eigenvalue weighted by molar-refractivity contribution is -0.113. The molecule has 0 saturated heterocycles. The second-order valence-corrected chi connectivity index (χ2v) is 9.03. The first-order valence-electron chi connectivity index (χ1n) is 9.85. The Morgan fingerprint density at radius 1 is 1.13 bits per heavy atom. The number of hydrogen-bond donors (Lipinski definition) is 1. The first-order chi connectivity index (χ1) is 14.8. The Hall–Kier alpha value is -3.33. The van der Waals surface area contributed by atoms with E-state index in [4.69, 9.17) is 9.52 Å². The SMILES string of the molecule is Cn1c(SCC(=O)Nc2cc(C(C)(C)C)nn2-c2ccccc2)nnc1-c1ccco1. The number of thioether (sulfide) groups is 1. The van der Waals surface area contributed by atoms with Crippen molar-refractivity contribution in [1.29, 1.82) is 0 Å². The first-order valence-corrected chi connectivity index (χ1v) is 10.8. The van der Waals surface area contributed by atoms with Gasteiger partial charge < -0.3 is 14.3 Å². The van der Waals surface area contributed by atoms with E-state index in [0.717, 1.165) is 11.4 Å². The number of rotatable bonds is 6. The number of carbonyl (C=O) groups is 1. The van der Waals surface area contributed by atoms with E-state index in [-0.39, 0.29) is 17.1 Å². The Bertz CT molecular complexity index is 1170. The summed E-state index contributed by atoms with van der Waals surface area (Å²) in [7, 11) is 1.85. The average molecular weight is 437 g/mol. The molecular formula is C22H24N6O2S. The van der Waals surface area contributed by atoms with Crippen LogP contribution in [0.25, 0.3) is 17.3 Å². The summed E-state index contributed by atoms with van der Waals surface area (Å²) in [6, 6.07) is 15.3. The zero-order valence-electron chi connectivity index (χ0n) is 17.9. The van der Waals surface area contributed by atoms with E-state index in [0.29, 0.717) is 22.6 Å². The highest BCUT2D eigenvalue weighted by Crippen LogP contribution is 2.27. The van der Waals surface area contributed by atoms with Gasteiger partial charge in [0.25, 0.3) is 0 Å². The molecule has 0 unspecified atom stereocenters. The van der Waals surface area contributed by atoms with E-state index in [1.54, 1.807) is 17.0 Å². The number of furan rings is 1. The number of carbonyl (C=O) groups excluding carboxylic acids is 1. The van der Waals surface area contributed by atoms with Crippen LogP contribution in [0.2, 0.25) is 0 Å². The summed E-state index contributed by atoms with van der Waals surface area (Å²) in [4.78, 5) is 12.7. The van der Waals surface area contributed by atoms with Crippen LogP contribution in [0.4, 0.5) is 5.82 Å². The highest BCUT2D eigenvalue weighted by atomic mass is 32.2. The van der Waals surface area contributed by atoms with Gasteiger partial charge in [0.05, 0.1) is 23.4 Å². The van der Waals surface area contributed by atoms with Gasteiger partial charge in [-0.25, -0.2) is 4.68 Å². The number of nitrogens with zero attached hydrogens (tertiary/aromatic N) is 5. The lowest BCUT2D eigenvalue weighted by atomic mass is 9.92. The van der Waals surface area contributed by atoms with Gasteiger partial charge in [0, 0.05) is 18.5 Å². The summed E-state index contributed by atoms with van der Waals surface area (Å²) in [6.45, 7) is 6.28. The minimum atomic E-state index is -0.148. The Morgan fingerprint density at radius 3 is 2.58 bits per heavy atom. The lowest BCUT2D eigenvalue weighted by Gasteiger charge is -2.14. The molecule has 4 aromatic rings. The van der Waals surface area contributed by atoms with Gasteiger partial charge in [-0.15, -0.1) is 10.2 Å². The van der Waals surface area contributed by atoms with Crippen molar-refractivity contribution in [2.45, 2.75) is 31.3 Å². The zero-order valence-corrected chi connectivity index (χ0v) is 18.7. The Morgan fingerprint density at radius 2 is 1.90 bits per heavy atom. The van der Waals surface area contributed by atoms with Gasteiger partial charge >= 0.3 is 0 Å². The Labute approximate surface area is 184 Å². The summed E-state index contributed by atoms with van der Waals surface area (Å²) >= 11 is 1.31. The molecule has 1 aromatic carbocycles. The summed E-state index contributed by atoms with van der Waals surface area (Å²) < 4.78 is 8.95. The molecule has 0 fully saturated rings. The maximum Gasteiger partial charge on any atom is 0.236 e. The molecule has 3 heterocycles. The first kappa shape index (κ1) is 20.9. The van der Waals surface area contributed by atoms with Crippen LogP contribution in [-0.4, -0.2) is 36.2 Å². The molecule has 0 bridgehead atoms. The van der Waals surface area contributed by atoms with Gasteiger partial charge in [-0.05, 0) is 24.3 Å². The second kappa shape index (κ2) is 8.43. The predicted molar refractivity (Wildman–Crippen MR) is 120 cm³/mol. The van der Waals surface area contributed by atoms with E-state index >= 15 is 0 Å². The van der Waals surface area contributed by atoms with E-state index < -0.39 is 0 Å². The van der Waals surface area contributed by atoms with Crippen molar-refractivity contribution < 1.29 is 9.21 Å². The molecule has 31 heavy (non-hydrogen) atoms. The van der Waals surface area contributed by atoms with Gasteiger partial charge in [0.1, 0.15) is 5.82 Å². The smallest absolute Gasteiger partial charge is 0.236 e. The number of benzene rings is 1. The number of para-hydroxylation sites is 1. The Balaban J connectivity index is 1.49. The molecule has 0 spiro atoms. The third-order valence-electron chi connectivity index (χ3n) is 4.65. The van der Waals surface area contributed by atoms with Gasteiger partial charge in [-0.1, -0.05) is 50.7 Å². The van der Waals surface area contributed by atoms with Gasteiger partial charge in [-0.2, -0.15) is 5.10 Å². The van der Waals surface area contributed by atoms with E-state index in [1.165, 1.54) is 11.8 Å². The fourth-order valence-electron chi connectivity index (χ4n) is 2.97. The van der Waals surface area contributed by atoms with Crippen molar-refractivity contribution in [3.05, 3.63) is 60.5 Å². The molecule has 0 aliphatic rings. The van der Waals surface area contributed by atoms with Crippen LogP contribution >= 0.6 is 11.8 Å². The minimum Gasteiger partial charge on any atom is -0.461 e. The van der Waals surface area contributed by atoms with Crippen LogP contribution in [0.15, 0.2) is 64.4 Å². The molecule has 1 amide bonds. The topological polar surface area (TPSA) is 90.8 Å². The Kier molecular flexibility index (Phi) is 5.69. The van der Waals surface area contributed by atoms with Crippen molar-refractivity contribution in [1.82, 2.24) is 24.5 Å². The number of nitrogens with one attached hydrogen (secondary N) is 1. The molecule has 160 valence electrons. The third-order valence-corrected chi connectivity index (χ3v) is 5.68. The normalized spacial score (nSPS) is 11.6. The molecule has 0 saturated carbocycles. The van der Waals surface area contributed by atoms with Gasteiger partial charge in [0.2, 0.25) is 5.91 Å². The molecule has 8 nitrogen and oxygen atoms in total. The van der Waals surface area contributed by atoms with Crippen LogP contribution in [0, 0.1) is 0 Å². The second-order valence-electron chi connectivity index (χ2n) is 8.09. The molecule has 0 aliphatic heterocycles. The van der Waals surface area contributed by atoms with E-state index in [1.807, 2.05) is 54.1 Å². The number of hydrogen-bond acceptors (Lipinski definition) is 6. The highest BCUT2D eigenvalue weighted by Gasteiger charge is 2.22. The monoisotopic (exact) mass is 436 g/mol.